The van der Waals surface area contributed by atoms with E-state index in [4.69, 9.17) is 11.6 Å². The zero-order chi connectivity index (χ0) is 15.6. The van der Waals surface area contributed by atoms with Gasteiger partial charge in [-0.1, -0.05) is 23.7 Å². The molecule has 21 heavy (non-hydrogen) atoms. The third kappa shape index (κ3) is 3.53. The molecule has 2 aromatic rings. The van der Waals surface area contributed by atoms with Crippen LogP contribution in [-0.2, 0) is 9.84 Å². The molecule has 1 aromatic carbocycles. The molecule has 6 nitrogen and oxygen atoms in total. The van der Waals surface area contributed by atoms with Crippen LogP contribution in [0.3, 0.4) is 0 Å². The molecule has 110 valence electrons. The number of amides is 1. The second-order valence-corrected chi connectivity index (χ2v) is 6.37. The fourth-order valence-corrected chi connectivity index (χ4v) is 2.11. The van der Waals surface area contributed by atoms with E-state index in [2.05, 4.69) is 15.3 Å². The summed E-state index contributed by atoms with van der Waals surface area (Å²) in [5.74, 6) is -1.48. The molecule has 1 aromatic heterocycles. The molecule has 1 heterocycles. The average Bonchev–Trinajstić information content (AvgIpc) is 2.40. The predicted molar refractivity (Wildman–Crippen MR) is 74.5 cm³/mol. The molecule has 0 radical (unpaired) electrons. The van der Waals surface area contributed by atoms with E-state index in [1.807, 2.05) is 0 Å². The number of hydrogen-bond acceptors (Lipinski definition) is 5. The lowest BCUT2D eigenvalue weighted by atomic mass is 10.3. The quantitative estimate of drug-likeness (QED) is 0.869. The van der Waals surface area contributed by atoms with Crippen molar-refractivity contribution in [2.45, 2.75) is 5.16 Å². The van der Waals surface area contributed by atoms with E-state index in [-0.39, 0.29) is 16.4 Å². The van der Waals surface area contributed by atoms with Gasteiger partial charge in [-0.3, -0.25) is 4.79 Å². The maximum atomic E-state index is 13.5. The second kappa shape index (κ2) is 5.74. The number of nitrogens with zero attached hydrogens (tertiary/aromatic N) is 2. The molecule has 0 aliphatic heterocycles. The maximum Gasteiger partial charge on any atom is 0.276 e. The topological polar surface area (TPSA) is 89.0 Å². The molecule has 1 amide bonds. The van der Waals surface area contributed by atoms with Gasteiger partial charge in [-0.25, -0.2) is 22.8 Å². The number of anilines is 1. The molecule has 0 atom stereocenters. The van der Waals surface area contributed by atoms with Crippen molar-refractivity contribution in [1.29, 1.82) is 0 Å². The van der Waals surface area contributed by atoms with Crippen LogP contribution >= 0.6 is 11.6 Å². The van der Waals surface area contributed by atoms with Crippen molar-refractivity contribution in [1.82, 2.24) is 9.97 Å². The van der Waals surface area contributed by atoms with Crippen molar-refractivity contribution in [2.24, 2.45) is 0 Å². The van der Waals surface area contributed by atoms with Gasteiger partial charge in [-0.15, -0.1) is 0 Å². The number of carbonyl (C=O) groups is 1. The number of nitrogens with one attached hydrogen (secondary N) is 1. The fourth-order valence-electron chi connectivity index (χ4n) is 1.43. The summed E-state index contributed by atoms with van der Waals surface area (Å²) in [7, 11) is -3.69. The minimum absolute atomic E-state index is 0.0712. The summed E-state index contributed by atoms with van der Waals surface area (Å²) in [6.07, 6.45) is 1.90. The van der Waals surface area contributed by atoms with E-state index in [0.29, 0.717) is 0 Å². The number of sulfone groups is 1. The van der Waals surface area contributed by atoms with E-state index >= 15 is 0 Å². The van der Waals surface area contributed by atoms with Crippen LogP contribution in [0, 0.1) is 5.82 Å². The Bertz CT molecular complexity index is 811. The molecule has 0 aliphatic carbocycles. The van der Waals surface area contributed by atoms with Crippen molar-refractivity contribution in [3.8, 4) is 0 Å². The lowest BCUT2D eigenvalue weighted by Crippen LogP contribution is -2.17. The fraction of sp³-hybridized carbons (Fsp3) is 0.0833. The van der Waals surface area contributed by atoms with Gasteiger partial charge in [0.2, 0.25) is 15.0 Å². The van der Waals surface area contributed by atoms with Gasteiger partial charge in [-0.2, -0.15) is 0 Å². The highest BCUT2D eigenvalue weighted by atomic mass is 35.5. The van der Waals surface area contributed by atoms with Crippen LogP contribution in [0.1, 0.15) is 10.5 Å². The number of rotatable bonds is 3. The Balaban J connectivity index is 2.38. The van der Waals surface area contributed by atoms with Crippen LogP contribution in [0.5, 0.6) is 0 Å². The van der Waals surface area contributed by atoms with Gasteiger partial charge < -0.3 is 5.32 Å². The maximum absolute atomic E-state index is 13.5. The summed E-state index contributed by atoms with van der Waals surface area (Å²) in [4.78, 5) is 19.2. The van der Waals surface area contributed by atoms with Crippen LogP contribution in [0.25, 0.3) is 0 Å². The lowest BCUT2D eigenvalue weighted by Gasteiger charge is -2.07. The third-order valence-corrected chi connectivity index (χ3v) is 3.53. The number of hydrogen-bond donors (Lipinski definition) is 1. The van der Waals surface area contributed by atoms with Crippen molar-refractivity contribution in [3.05, 3.63) is 47.0 Å². The smallest absolute Gasteiger partial charge is 0.276 e. The molecule has 0 spiro atoms. The van der Waals surface area contributed by atoms with Gasteiger partial charge in [0.1, 0.15) is 5.82 Å². The summed E-state index contributed by atoms with van der Waals surface area (Å²) in [5, 5.41) is 1.58. The molecule has 0 saturated heterocycles. The van der Waals surface area contributed by atoms with Crippen LogP contribution in [0.4, 0.5) is 10.1 Å². The Kier molecular flexibility index (Phi) is 4.19. The molecular formula is C12H9ClFN3O3S. The Labute approximate surface area is 124 Å². The minimum Gasteiger partial charge on any atom is -0.318 e. The van der Waals surface area contributed by atoms with E-state index in [1.165, 1.54) is 24.3 Å². The number of para-hydroxylation sites is 1. The van der Waals surface area contributed by atoms with Gasteiger partial charge in [0.25, 0.3) is 5.91 Å². The summed E-state index contributed by atoms with van der Waals surface area (Å²) >= 11 is 5.77. The predicted octanol–water partition coefficient (Wildman–Crippen LogP) is 1.92. The first-order chi connectivity index (χ1) is 9.79. The first-order valence-corrected chi connectivity index (χ1v) is 7.84. The zero-order valence-corrected chi connectivity index (χ0v) is 12.2. The van der Waals surface area contributed by atoms with Gasteiger partial charge in [0.15, 0.2) is 5.69 Å². The summed E-state index contributed by atoms with van der Waals surface area (Å²) < 4.78 is 36.2. The molecule has 0 unspecified atom stereocenters. The summed E-state index contributed by atoms with van der Waals surface area (Å²) in [5.41, 5.74) is -0.423. The zero-order valence-electron chi connectivity index (χ0n) is 10.7. The first kappa shape index (κ1) is 15.3. The molecule has 0 aliphatic rings. The minimum atomic E-state index is -3.69. The van der Waals surface area contributed by atoms with Crippen LogP contribution in [0.2, 0.25) is 5.02 Å². The molecule has 9 heteroatoms. The van der Waals surface area contributed by atoms with E-state index in [1.54, 1.807) is 0 Å². The number of halogens is 2. The number of aromatic nitrogens is 2. The highest BCUT2D eigenvalue weighted by molar-refractivity contribution is 7.90. The van der Waals surface area contributed by atoms with E-state index < -0.39 is 26.7 Å². The molecule has 2 rings (SSSR count). The molecule has 0 fully saturated rings. The van der Waals surface area contributed by atoms with Crippen molar-refractivity contribution < 1.29 is 17.6 Å². The Morgan fingerprint density at radius 1 is 1.33 bits per heavy atom. The standard InChI is InChI=1S/C12H9ClFN3O3S/c1-21(19,20)12-15-6-7(13)10(17-12)11(18)16-9-5-3-2-4-8(9)14/h2-6H,1H3,(H,16,18). The monoisotopic (exact) mass is 329 g/mol. The van der Waals surface area contributed by atoms with E-state index in [0.717, 1.165) is 12.5 Å². The van der Waals surface area contributed by atoms with Gasteiger partial charge in [0, 0.05) is 6.26 Å². The van der Waals surface area contributed by atoms with Crippen LogP contribution in [0.15, 0.2) is 35.6 Å². The van der Waals surface area contributed by atoms with E-state index in [9.17, 15) is 17.6 Å². The molecule has 0 bridgehead atoms. The first-order valence-electron chi connectivity index (χ1n) is 5.57. The molecule has 0 saturated carbocycles. The molecular weight excluding hydrogens is 321 g/mol. The normalized spacial score (nSPS) is 11.2. The Hall–Kier alpha value is -2.06. The van der Waals surface area contributed by atoms with Gasteiger partial charge in [-0.05, 0) is 12.1 Å². The summed E-state index contributed by atoms with van der Waals surface area (Å²) in [6, 6.07) is 5.51. The summed E-state index contributed by atoms with van der Waals surface area (Å²) in [6.45, 7) is 0. The Morgan fingerprint density at radius 2 is 2.00 bits per heavy atom. The van der Waals surface area contributed by atoms with Crippen LogP contribution in [-0.4, -0.2) is 30.5 Å². The van der Waals surface area contributed by atoms with Crippen LogP contribution < -0.4 is 5.32 Å². The Morgan fingerprint density at radius 3 is 2.62 bits per heavy atom. The molecule has 1 N–H and O–H groups in total. The van der Waals surface area contributed by atoms with Gasteiger partial charge >= 0.3 is 0 Å². The van der Waals surface area contributed by atoms with Gasteiger partial charge in [0.05, 0.1) is 16.9 Å². The second-order valence-electron chi connectivity index (χ2n) is 4.06. The lowest BCUT2D eigenvalue weighted by molar-refractivity contribution is 0.102. The largest absolute Gasteiger partial charge is 0.318 e. The van der Waals surface area contributed by atoms with Crippen molar-refractivity contribution in [3.63, 3.8) is 0 Å². The van der Waals surface area contributed by atoms with Crippen molar-refractivity contribution >= 4 is 33.0 Å². The average molecular weight is 330 g/mol. The number of carbonyl (C=O) groups excluding carboxylic acids is 1. The highest BCUT2D eigenvalue weighted by Gasteiger charge is 2.19. The number of benzene rings is 1. The third-order valence-electron chi connectivity index (χ3n) is 2.39. The SMILES string of the molecule is CS(=O)(=O)c1ncc(Cl)c(C(=O)Nc2ccccc2F)n1. The highest BCUT2D eigenvalue weighted by Crippen LogP contribution is 2.18. The van der Waals surface area contributed by atoms with Crippen molar-refractivity contribution in [2.75, 3.05) is 11.6 Å².